The molecule has 0 radical (unpaired) electrons. The van der Waals surface area contributed by atoms with E-state index >= 15 is 0 Å². The predicted molar refractivity (Wildman–Crippen MR) is 186 cm³/mol. The molecule has 0 aliphatic rings. The molecule has 0 saturated heterocycles. The number of carbonyl (C=O) groups is 4. The third kappa shape index (κ3) is 7.76. The molecule has 0 amide bonds. The lowest BCUT2D eigenvalue weighted by atomic mass is 9.72. The van der Waals surface area contributed by atoms with Gasteiger partial charge in [-0.05, 0) is 113 Å². The average Bonchev–Trinajstić information content (AvgIpc) is 2.99. The number of rotatable bonds is 14. The Labute approximate surface area is 291 Å². The number of aliphatic carboxylic acids is 4. The molecule has 50 heavy (non-hydrogen) atoms. The van der Waals surface area contributed by atoms with Crippen molar-refractivity contribution in [2.75, 3.05) is 11.5 Å². The van der Waals surface area contributed by atoms with E-state index in [-0.39, 0.29) is 32.0 Å². The molecule has 0 saturated carbocycles. The summed E-state index contributed by atoms with van der Waals surface area (Å²) >= 11 is 0. The van der Waals surface area contributed by atoms with Crippen LogP contribution in [-0.2, 0) is 49.7 Å². The Bertz CT molecular complexity index is 1920. The molecule has 4 N–H and O–H groups in total. The van der Waals surface area contributed by atoms with Gasteiger partial charge in [-0.15, -0.1) is 0 Å². The Morgan fingerprint density at radius 2 is 0.720 bits per heavy atom. The maximum absolute atomic E-state index is 13.2. The van der Waals surface area contributed by atoms with E-state index in [1.54, 1.807) is 0 Å². The van der Waals surface area contributed by atoms with Gasteiger partial charge in [-0.1, -0.05) is 36.4 Å². The molecule has 0 aromatic heterocycles. The number of benzene rings is 3. The van der Waals surface area contributed by atoms with Crippen LogP contribution in [0.4, 0.5) is 0 Å². The molecule has 0 heterocycles. The van der Waals surface area contributed by atoms with Gasteiger partial charge in [-0.25, -0.2) is 16.8 Å². The van der Waals surface area contributed by atoms with Crippen molar-refractivity contribution < 1.29 is 56.4 Å². The maximum Gasteiger partial charge on any atom is 0.313 e. The van der Waals surface area contributed by atoms with E-state index in [0.29, 0.717) is 11.1 Å². The molecule has 0 unspecified atom stereocenters. The van der Waals surface area contributed by atoms with Gasteiger partial charge in [-0.3, -0.25) is 19.2 Å². The molecule has 0 aliphatic carbocycles. The second-order valence-corrected chi connectivity index (χ2v) is 18.7. The first-order chi connectivity index (χ1) is 22.6. The van der Waals surface area contributed by atoms with Gasteiger partial charge in [0.1, 0.15) is 0 Å². The predicted octanol–water partition coefficient (Wildman–Crippen LogP) is 5.51. The Kier molecular flexibility index (Phi) is 10.6. The second-order valence-electron chi connectivity index (χ2n) is 14.7. The minimum absolute atomic E-state index is 0.183. The van der Waals surface area contributed by atoms with Gasteiger partial charge < -0.3 is 20.4 Å². The van der Waals surface area contributed by atoms with Crippen LogP contribution in [0.3, 0.4) is 0 Å². The van der Waals surface area contributed by atoms with Crippen molar-refractivity contribution in [2.45, 2.75) is 76.0 Å². The van der Waals surface area contributed by atoms with E-state index in [0.717, 1.165) is 0 Å². The van der Waals surface area contributed by atoms with Gasteiger partial charge in [0, 0.05) is 0 Å². The van der Waals surface area contributed by atoms with Crippen LogP contribution in [0.1, 0.15) is 66.5 Å². The number of hydrogen-bond acceptors (Lipinski definition) is 8. The fourth-order valence-corrected chi connectivity index (χ4v) is 8.95. The SMILES string of the molecule is CC(C)(CS(=O)(=O)c1ccc(-c2c(C(C)(C)C(=O)O)ccc(C(C)(C)C(=O)O)c2-c2ccc(S(=O)(=O)CC(C)(C)C(=O)O)cc2)cc1)C(=O)O. The van der Waals surface area contributed by atoms with Gasteiger partial charge in [0.2, 0.25) is 0 Å². The topological polar surface area (TPSA) is 217 Å². The van der Waals surface area contributed by atoms with Crippen LogP contribution in [0, 0.1) is 10.8 Å². The quantitative estimate of drug-likeness (QED) is 0.161. The normalized spacial score (nSPS) is 13.1. The van der Waals surface area contributed by atoms with Gasteiger partial charge in [0.15, 0.2) is 19.7 Å². The highest BCUT2D eigenvalue weighted by Gasteiger charge is 2.39. The highest BCUT2D eigenvalue weighted by Crippen LogP contribution is 2.46. The summed E-state index contributed by atoms with van der Waals surface area (Å²) in [5.41, 5.74) is -4.72. The van der Waals surface area contributed by atoms with Crippen LogP contribution in [0.5, 0.6) is 0 Å². The van der Waals surface area contributed by atoms with Crippen LogP contribution in [0.25, 0.3) is 22.3 Å². The summed E-state index contributed by atoms with van der Waals surface area (Å²) in [6.07, 6.45) is 0. The number of carboxylic acids is 4. The van der Waals surface area contributed by atoms with Crippen molar-refractivity contribution in [3.8, 4) is 22.3 Å². The van der Waals surface area contributed by atoms with E-state index in [1.807, 2.05) is 0 Å². The van der Waals surface area contributed by atoms with Crippen molar-refractivity contribution in [1.82, 2.24) is 0 Å². The molecule has 3 aromatic rings. The maximum atomic E-state index is 13.2. The van der Waals surface area contributed by atoms with Crippen LogP contribution in [-0.4, -0.2) is 72.6 Å². The van der Waals surface area contributed by atoms with Gasteiger partial charge in [0.25, 0.3) is 0 Å². The molecule has 270 valence electrons. The van der Waals surface area contributed by atoms with Crippen molar-refractivity contribution in [1.29, 1.82) is 0 Å². The summed E-state index contributed by atoms with van der Waals surface area (Å²) in [6.45, 7) is 10.9. The molecule has 12 nitrogen and oxygen atoms in total. The molecule has 0 fully saturated rings. The van der Waals surface area contributed by atoms with Crippen LogP contribution in [0.15, 0.2) is 70.5 Å². The number of carboxylic acid groups (broad SMARTS) is 4. The summed E-state index contributed by atoms with van der Waals surface area (Å²) in [5.74, 6) is -6.42. The molecule has 0 bridgehead atoms. The molecular weight excluding hydrogens is 689 g/mol. The monoisotopic (exact) mass is 730 g/mol. The van der Waals surface area contributed by atoms with Crippen molar-refractivity contribution in [3.63, 3.8) is 0 Å². The second kappa shape index (κ2) is 13.3. The first-order valence-electron chi connectivity index (χ1n) is 15.4. The molecule has 0 aliphatic heterocycles. The fourth-order valence-electron chi connectivity index (χ4n) is 5.37. The Morgan fingerprint density at radius 3 is 0.940 bits per heavy atom. The van der Waals surface area contributed by atoms with E-state index in [2.05, 4.69) is 0 Å². The van der Waals surface area contributed by atoms with Gasteiger partial charge in [-0.2, -0.15) is 0 Å². The summed E-state index contributed by atoms with van der Waals surface area (Å²) in [6, 6.07) is 13.7. The van der Waals surface area contributed by atoms with Crippen LogP contribution >= 0.6 is 0 Å². The third-order valence-corrected chi connectivity index (χ3v) is 13.1. The van der Waals surface area contributed by atoms with Gasteiger partial charge in [0.05, 0.1) is 43.0 Å². The molecule has 0 spiro atoms. The fraction of sp³-hybridized carbons (Fsp3) is 0.389. The highest BCUT2D eigenvalue weighted by atomic mass is 32.2. The first kappa shape index (κ1) is 39.9. The Balaban J connectivity index is 2.42. The van der Waals surface area contributed by atoms with E-state index in [9.17, 15) is 56.4 Å². The average molecular weight is 731 g/mol. The Morgan fingerprint density at radius 1 is 0.460 bits per heavy atom. The summed E-state index contributed by atoms with van der Waals surface area (Å²) < 4.78 is 52.9. The standard InChI is InChI=1S/C36H42O12S2/c1-33(2,29(37)38)19-49(45,46)23-13-9-21(10-14-23)27-25(35(5,6)31(41)42)17-18-26(36(7,8)32(43)44)28(27)22-11-15-24(16-12-22)50(47,48)20-34(3,4)30(39)40/h9-18H,19-20H2,1-8H3,(H,37,38)(H,39,40)(H,41,42)(H,43,44). The van der Waals surface area contributed by atoms with E-state index in [1.165, 1.54) is 116 Å². The Hall–Kier alpha value is -4.56. The number of hydrogen-bond donors (Lipinski definition) is 4. The van der Waals surface area contributed by atoms with Crippen LogP contribution in [0.2, 0.25) is 0 Å². The zero-order valence-corrected chi connectivity index (χ0v) is 30.7. The minimum atomic E-state index is -4.10. The lowest BCUT2D eigenvalue weighted by Crippen LogP contribution is -2.32. The van der Waals surface area contributed by atoms with Gasteiger partial charge >= 0.3 is 23.9 Å². The lowest BCUT2D eigenvalue weighted by Gasteiger charge is -2.31. The summed E-state index contributed by atoms with van der Waals surface area (Å²) in [5, 5.41) is 39.5. The van der Waals surface area contributed by atoms with Crippen molar-refractivity contribution >= 4 is 43.6 Å². The molecule has 0 atom stereocenters. The third-order valence-electron chi connectivity index (χ3n) is 8.89. The first-order valence-corrected chi connectivity index (χ1v) is 18.7. The molecular formula is C36H42O12S2. The zero-order valence-electron chi connectivity index (χ0n) is 29.1. The van der Waals surface area contributed by atoms with E-state index < -0.39 is 76.7 Å². The smallest absolute Gasteiger partial charge is 0.313 e. The zero-order chi connectivity index (χ0) is 38.4. The summed E-state index contributed by atoms with van der Waals surface area (Å²) in [4.78, 5) is 48.1. The van der Waals surface area contributed by atoms with Crippen LogP contribution < -0.4 is 0 Å². The number of sulfone groups is 2. The van der Waals surface area contributed by atoms with E-state index in [4.69, 9.17) is 0 Å². The minimum Gasteiger partial charge on any atom is -0.481 e. The van der Waals surface area contributed by atoms with Crippen molar-refractivity contribution in [2.24, 2.45) is 10.8 Å². The summed E-state index contributed by atoms with van der Waals surface area (Å²) in [7, 11) is -8.20. The highest BCUT2D eigenvalue weighted by molar-refractivity contribution is 7.91. The largest absolute Gasteiger partial charge is 0.481 e. The van der Waals surface area contributed by atoms with Crippen molar-refractivity contribution in [3.05, 3.63) is 71.8 Å². The molecule has 14 heteroatoms. The molecule has 3 aromatic carbocycles. The lowest BCUT2D eigenvalue weighted by molar-refractivity contribution is -0.146. The molecule has 3 rings (SSSR count).